The van der Waals surface area contributed by atoms with Crippen molar-refractivity contribution in [3.05, 3.63) is 53.1 Å². The lowest BCUT2D eigenvalue weighted by Gasteiger charge is -2.04. The van der Waals surface area contributed by atoms with Crippen molar-refractivity contribution in [2.45, 2.75) is 6.54 Å². The number of halogens is 3. The molecule has 0 aliphatic carbocycles. The summed E-state index contributed by atoms with van der Waals surface area (Å²) >= 11 is 0. The fraction of sp³-hybridized carbons (Fsp3) is 0.0909. The Kier molecular flexibility index (Phi) is 3.05. The Morgan fingerprint density at radius 2 is 1.89 bits per heavy atom. The monoisotopic (exact) mass is 256 g/mol. The molecule has 1 aromatic heterocycles. The third kappa shape index (κ3) is 2.34. The zero-order chi connectivity index (χ0) is 13.3. The molecule has 0 unspecified atom stereocenters. The SMILES string of the molecule is O=C(O)c1cnn(Cc2cc(F)c(F)cc2F)c1. The molecule has 0 bridgehead atoms. The van der Waals surface area contributed by atoms with E-state index in [2.05, 4.69) is 5.10 Å². The maximum Gasteiger partial charge on any atom is 0.338 e. The van der Waals surface area contributed by atoms with Gasteiger partial charge in [-0.25, -0.2) is 18.0 Å². The number of carboxylic acids is 1. The van der Waals surface area contributed by atoms with E-state index in [0.29, 0.717) is 12.1 Å². The summed E-state index contributed by atoms with van der Waals surface area (Å²) in [6, 6.07) is 1.15. The summed E-state index contributed by atoms with van der Waals surface area (Å²) in [5, 5.41) is 12.3. The molecule has 0 aliphatic heterocycles. The van der Waals surface area contributed by atoms with Gasteiger partial charge in [-0.1, -0.05) is 0 Å². The molecule has 0 aliphatic rings. The van der Waals surface area contributed by atoms with Crippen LogP contribution in [0.1, 0.15) is 15.9 Å². The molecule has 1 N–H and O–H groups in total. The van der Waals surface area contributed by atoms with Gasteiger partial charge in [0.1, 0.15) is 5.82 Å². The molecule has 0 spiro atoms. The molecule has 0 radical (unpaired) electrons. The van der Waals surface area contributed by atoms with Crippen molar-refractivity contribution in [1.29, 1.82) is 0 Å². The minimum absolute atomic E-state index is 0.0713. The summed E-state index contributed by atoms with van der Waals surface area (Å²) in [5.74, 6) is -4.53. The number of hydrogen-bond acceptors (Lipinski definition) is 2. The lowest BCUT2D eigenvalue weighted by Crippen LogP contribution is -2.04. The number of carboxylic acid groups (broad SMARTS) is 1. The maximum atomic E-state index is 13.3. The Morgan fingerprint density at radius 1 is 1.22 bits per heavy atom. The van der Waals surface area contributed by atoms with Crippen LogP contribution in [-0.2, 0) is 6.54 Å². The number of benzene rings is 1. The zero-order valence-electron chi connectivity index (χ0n) is 8.90. The van der Waals surface area contributed by atoms with Gasteiger partial charge in [0.15, 0.2) is 11.6 Å². The average Bonchev–Trinajstić information content (AvgIpc) is 2.74. The molecular formula is C11H7F3N2O2. The van der Waals surface area contributed by atoms with Gasteiger partial charge in [0, 0.05) is 17.8 Å². The Bertz CT molecular complexity index is 610. The van der Waals surface area contributed by atoms with E-state index in [1.165, 1.54) is 6.20 Å². The molecule has 18 heavy (non-hydrogen) atoms. The van der Waals surface area contributed by atoms with Gasteiger partial charge >= 0.3 is 5.97 Å². The summed E-state index contributed by atoms with van der Waals surface area (Å²) in [6.07, 6.45) is 2.25. The highest BCUT2D eigenvalue weighted by atomic mass is 19.2. The Balaban J connectivity index is 2.28. The van der Waals surface area contributed by atoms with Crippen molar-refractivity contribution in [3.63, 3.8) is 0 Å². The van der Waals surface area contributed by atoms with Gasteiger partial charge in [-0.3, -0.25) is 4.68 Å². The Labute approximate surface area is 99.3 Å². The van der Waals surface area contributed by atoms with E-state index < -0.39 is 23.4 Å². The first-order chi connectivity index (χ1) is 8.47. The topological polar surface area (TPSA) is 55.1 Å². The second-order valence-electron chi connectivity index (χ2n) is 3.59. The van der Waals surface area contributed by atoms with Crippen LogP contribution < -0.4 is 0 Å². The van der Waals surface area contributed by atoms with Crippen LogP contribution in [0.2, 0.25) is 0 Å². The zero-order valence-corrected chi connectivity index (χ0v) is 8.90. The quantitative estimate of drug-likeness (QED) is 0.855. The molecule has 2 aromatic rings. The van der Waals surface area contributed by atoms with Gasteiger partial charge in [0.2, 0.25) is 0 Å². The molecule has 0 saturated carbocycles. The summed E-state index contributed by atoms with van der Waals surface area (Å²) in [6.45, 7) is -0.184. The Hall–Kier alpha value is -2.31. The molecule has 94 valence electrons. The number of rotatable bonds is 3. The predicted molar refractivity (Wildman–Crippen MR) is 54.6 cm³/mol. The lowest BCUT2D eigenvalue weighted by molar-refractivity contribution is 0.0697. The van der Waals surface area contributed by atoms with E-state index in [1.54, 1.807) is 0 Å². The number of aromatic carboxylic acids is 1. The normalized spacial score (nSPS) is 10.6. The molecular weight excluding hydrogens is 249 g/mol. The number of carbonyl (C=O) groups is 1. The second-order valence-corrected chi connectivity index (χ2v) is 3.59. The molecule has 0 fully saturated rings. The van der Waals surface area contributed by atoms with Crippen molar-refractivity contribution < 1.29 is 23.1 Å². The molecule has 0 saturated heterocycles. The highest BCUT2D eigenvalue weighted by Gasteiger charge is 2.12. The van der Waals surface area contributed by atoms with Crippen LogP contribution in [0.4, 0.5) is 13.2 Å². The first-order valence-corrected chi connectivity index (χ1v) is 4.86. The second kappa shape index (κ2) is 4.52. The van der Waals surface area contributed by atoms with E-state index in [0.717, 1.165) is 10.9 Å². The summed E-state index contributed by atoms with van der Waals surface area (Å²) in [5.41, 5.74) is -0.188. The minimum atomic E-state index is -1.28. The third-order valence-electron chi connectivity index (χ3n) is 2.30. The van der Waals surface area contributed by atoms with Gasteiger partial charge < -0.3 is 5.11 Å². The maximum absolute atomic E-state index is 13.3. The number of hydrogen-bond donors (Lipinski definition) is 1. The van der Waals surface area contributed by atoms with E-state index in [-0.39, 0.29) is 17.7 Å². The van der Waals surface area contributed by atoms with Crippen LogP contribution in [0, 0.1) is 17.5 Å². The molecule has 0 atom stereocenters. The van der Waals surface area contributed by atoms with Gasteiger partial charge in [-0.15, -0.1) is 0 Å². The highest BCUT2D eigenvalue weighted by molar-refractivity contribution is 5.86. The van der Waals surface area contributed by atoms with Crippen LogP contribution in [-0.4, -0.2) is 20.9 Å². The van der Waals surface area contributed by atoms with Crippen LogP contribution in [0.5, 0.6) is 0 Å². The molecule has 2 rings (SSSR count). The number of nitrogens with zero attached hydrogens (tertiary/aromatic N) is 2. The van der Waals surface area contributed by atoms with E-state index in [1.807, 2.05) is 0 Å². The van der Waals surface area contributed by atoms with Crippen LogP contribution >= 0.6 is 0 Å². The van der Waals surface area contributed by atoms with E-state index in [9.17, 15) is 18.0 Å². The van der Waals surface area contributed by atoms with E-state index in [4.69, 9.17) is 5.11 Å². The lowest BCUT2D eigenvalue weighted by atomic mass is 10.2. The Morgan fingerprint density at radius 3 is 2.50 bits per heavy atom. The smallest absolute Gasteiger partial charge is 0.338 e. The standard InChI is InChI=1S/C11H7F3N2O2/c12-8-2-10(14)9(13)1-6(8)4-16-5-7(3-15-16)11(17)18/h1-3,5H,4H2,(H,17,18). The third-order valence-corrected chi connectivity index (χ3v) is 2.30. The molecule has 0 amide bonds. The van der Waals surface area contributed by atoms with Gasteiger partial charge in [-0.05, 0) is 6.07 Å². The fourth-order valence-corrected chi connectivity index (χ4v) is 1.42. The number of aromatic nitrogens is 2. The predicted octanol–water partition coefficient (Wildman–Crippen LogP) is 2.05. The highest BCUT2D eigenvalue weighted by Crippen LogP contribution is 2.15. The summed E-state index contributed by atoms with van der Waals surface area (Å²) < 4.78 is 40.1. The van der Waals surface area contributed by atoms with Gasteiger partial charge in [-0.2, -0.15) is 5.10 Å². The van der Waals surface area contributed by atoms with Crippen LogP contribution in [0.3, 0.4) is 0 Å². The average molecular weight is 256 g/mol. The molecule has 1 aromatic carbocycles. The molecule has 4 nitrogen and oxygen atoms in total. The van der Waals surface area contributed by atoms with Crippen LogP contribution in [0.15, 0.2) is 24.5 Å². The van der Waals surface area contributed by atoms with E-state index >= 15 is 0 Å². The van der Waals surface area contributed by atoms with Crippen molar-refractivity contribution in [1.82, 2.24) is 9.78 Å². The van der Waals surface area contributed by atoms with Gasteiger partial charge in [0.05, 0.1) is 18.3 Å². The minimum Gasteiger partial charge on any atom is -0.478 e. The largest absolute Gasteiger partial charge is 0.478 e. The van der Waals surface area contributed by atoms with Crippen LogP contribution in [0.25, 0.3) is 0 Å². The van der Waals surface area contributed by atoms with Gasteiger partial charge in [0.25, 0.3) is 0 Å². The van der Waals surface area contributed by atoms with Crippen molar-refractivity contribution in [2.75, 3.05) is 0 Å². The van der Waals surface area contributed by atoms with Crippen molar-refractivity contribution in [3.8, 4) is 0 Å². The van der Waals surface area contributed by atoms with Crippen molar-refractivity contribution >= 4 is 5.97 Å². The summed E-state index contributed by atoms with van der Waals surface area (Å²) in [7, 11) is 0. The van der Waals surface area contributed by atoms with Crippen molar-refractivity contribution in [2.24, 2.45) is 0 Å². The fourth-order valence-electron chi connectivity index (χ4n) is 1.42. The first kappa shape index (κ1) is 12.2. The molecule has 1 heterocycles. The first-order valence-electron chi connectivity index (χ1n) is 4.86. The molecule has 7 heteroatoms. The summed E-state index contributed by atoms with van der Waals surface area (Å²) in [4.78, 5) is 10.6.